The largest absolute Gasteiger partial charge is 0.310 e. The molecule has 1 heteroatoms. The Balaban J connectivity index is 0.996. The van der Waals surface area contributed by atoms with E-state index in [2.05, 4.69) is 231 Å². The van der Waals surface area contributed by atoms with Gasteiger partial charge in [-0.25, -0.2) is 0 Å². The molecule has 0 heterocycles. The normalized spacial score (nSPS) is 14.4. The van der Waals surface area contributed by atoms with E-state index < -0.39 is 5.41 Å². The van der Waals surface area contributed by atoms with Gasteiger partial charge in [-0.05, 0) is 136 Å². The Morgan fingerprint density at radius 2 is 0.778 bits per heavy atom. The SMILES string of the molecule is CC1(C)c2ccccc2-c2ccc(N(c3ccc(-c4ccc5c6c(cccc46)-c4ccccc4-5)cc3)c3cccc4c3-c3ccccc3C43c4ccccc4-c4ccccc43)cc21. The Bertz CT molecular complexity index is 3530. The smallest absolute Gasteiger partial charge is 0.0726 e. The van der Waals surface area contributed by atoms with Gasteiger partial charge in [0.05, 0.1) is 11.1 Å². The van der Waals surface area contributed by atoms with Crippen molar-refractivity contribution in [3.63, 3.8) is 0 Å². The molecule has 14 rings (SSSR count). The average molecular weight is 800 g/mol. The molecule has 10 aromatic carbocycles. The van der Waals surface area contributed by atoms with Gasteiger partial charge in [0.25, 0.3) is 0 Å². The second-order valence-electron chi connectivity index (χ2n) is 18.3. The highest BCUT2D eigenvalue weighted by molar-refractivity contribution is 6.18. The maximum absolute atomic E-state index is 2.54. The van der Waals surface area contributed by atoms with Crippen molar-refractivity contribution in [2.24, 2.45) is 0 Å². The molecule has 0 amide bonds. The van der Waals surface area contributed by atoms with Crippen molar-refractivity contribution in [2.45, 2.75) is 24.7 Å². The van der Waals surface area contributed by atoms with Crippen LogP contribution in [0.2, 0.25) is 0 Å². The van der Waals surface area contributed by atoms with Crippen molar-refractivity contribution in [3.8, 4) is 66.8 Å². The first-order valence-electron chi connectivity index (χ1n) is 22.3. The number of anilines is 3. The molecule has 0 aliphatic heterocycles. The highest BCUT2D eigenvalue weighted by atomic mass is 15.1. The van der Waals surface area contributed by atoms with Crippen LogP contribution in [-0.4, -0.2) is 0 Å². The van der Waals surface area contributed by atoms with Crippen LogP contribution in [-0.2, 0) is 10.8 Å². The molecule has 0 atom stereocenters. The fraction of sp³-hybridized carbons (Fsp3) is 0.0645. The Hall–Kier alpha value is -7.74. The fourth-order valence-electron chi connectivity index (χ4n) is 12.4. The van der Waals surface area contributed by atoms with E-state index in [-0.39, 0.29) is 5.41 Å². The van der Waals surface area contributed by atoms with Gasteiger partial charge in [-0.3, -0.25) is 0 Å². The second kappa shape index (κ2) is 12.4. The van der Waals surface area contributed by atoms with Crippen LogP contribution in [0.25, 0.3) is 77.5 Å². The van der Waals surface area contributed by atoms with Crippen LogP contribution in [0.4, 0.5) is 17.1 Å². The Labute approximate surface area is 368 Å². The highest BCUT2D eigenvalue weighted by Gasteiger charge is 2.52. The zero-order valence-electron chi connectivity index (χ0n) is 35.2. The molecular weight excluding hydrogens is 759 g/mol. The van der Waals surface area contributed by atoms with E-state index in [1.165, 1.54) is 117 Å². The minimum Gasteiger partial charge on any atom is -0.310 e. The predicted molar refractivity (Wildman–Crippen MR) is 262 cm³/mol. The lowest BCUT2D eigenvalue weighted by atomic mass is 9.70. The Kier molecular flexibility index (Phi) is 6.89. The molecule has 4 aliphatic rings. The first-order chi connectivity index (χ1) is 31.0. The van der Waals surface area contributed by atoms with Gasteiger partial charge in [0.1, 0.15) is 0 Å². The average Bonchev–Trinajstić information content (AvgIpc) is 4.01. The summed E-state index contributed by atoms with van der Waals surface area (Å²) >= 11 is 0. The van der Waals surface area contributed by atoms with Crippen LogP contribution in [0.15, 0.2) is 212 Å². The summed E-state index contributed by atoms with van der Waals surface area (Å²) < 4.78 is 0. The molecule has 10 aromatic rings. The summed E-state index contributed by atoms with van der Waals surface area (Å²) in [4.78, 5) is 2.54. The number of hydrogen-bond donors (Lipinski definition) is 0. The lowest BCUT2D eigenvalue weighted by molar-refractivity contribution is 0.660. The van der Waals surface area contributed by atoms with E-state index in [0.717, 1.165) is 11.4 Å². The Morgan fingerprint density at radius 3 is 1.46 bits per heavy atom. The van der Waals surface area contributed by atoms with Gasteiger partial charge in [0.15, 0.2) is 0 Å². The molecule has 0 fully saturated rings. The van der Waals surface area contributed by atoms with Crippen molar-refractivity contribution in [1.29, 1.82) is 0 Å². The monoisotopic (exact) mass is 799 g/mol. The molecule has 0 unspecified atom stereocenters. The number of benzene rings is 10. The van der Waals surface area contributed by atoms with Gasteiger partial charge >= 0.3 is 0 Å². The first-order valence-corrected chi connectivity index (χ1v) is 22.3. The molecule has 0 saturated carbocycles. The second-order valence-corrected chi connectivity index (χ2v) is 18.3. The predicted octanol–water partition coefficient (Wildman–Crippen LogP) is 16.3. The van der Waals surface area contributed by atoms with Gasteiger partial charge in [0, 0.05) is 22.4 Å². The van der Waals surface area contributed by atoms with Crippen LogP contribution in [0.5, 0.6) is 0 Å². The third-order valence-corrected chi connectivity index (χ3v) is 15.0. The molecule has 1 spiro atoms. The summed E-state index contributed by atoms with van der Waals surface area (Å²) in [5, 5.41) is 2.65. The van der Waals surface area contributed by atoms with E-state index >= 15 is 0 Å². The summed E-state index contributed by atoms with van der Waals surface area (Å²) in [6.45, 7) is 4.76. The maximum Gasteiger partial charge on any atom is 0.0726 e. The molecule has 4 aliphatic carbocycles. The van der Waals surface area contributed by atoms with Gasteiger partial charge in [-0.15, -0.1) is 0 Å². The molecule has 1 nitrogen and oxygen atoms in total. The first kappa shape index (κ1) is 34.9. The number of fused-ring (bicyclic) bond motifs is 16. The topological polar surface area (TPSA) is 3.24 Å². The van der Waals surface area contributed by atoms with Crippen molar-refractivity contribution in [3.05, 3.63) is 246 Å². The lowest BCUT2D eigenvalue weighted by Crippen LogP contribution is -2.26. The van der Waals surface area contributed by atoms with Crippen LogP contribution in [0.1, 0.15) is 47.2 Å². The Morgan fingerprint density at radius 1 is 0.317 bits per heavy atom. The summed E-state index contributed by atoms with van der Waals surface area (Å²) in [5.74, 6) is 0. The molecule has 0 N–H and O–H groups in total. The third-order valence-electron chi connectivity index (χ3n) is 15.0. The molecule has 0 saturated heterocycles. The number of nitrogens with zero attached hydrogens (tertiary/aromatic N) is 1. The molecular formula is C62H41N. The number of hydrogen-bond acceptors (Lipinski definition) is 1. The van der Waals surface area contributed by atoms with Crippen molar-refractivity contribution < 1.29 is 0 Å². The van der Waals surface area contributed by atoms with E-state index in [0.29, 0.717) is 0 Å². The molecule has 0 aromatic heterocycles. The number of rotatable bonds is 4. The summed E-state index contributed by atoms with van der Waals surface area (Å²) in [6, 6.07) is 80.2. The van der Waals surface area contributed by atoms with Crippen molar-refractivity contribution in [1.82, 2.24) is 0 Å². The summed E-state index contributed by atoms with van der Waals surface area (Å²) in [5.41, 5.74) is 26.7. The fourth-order valence-corrected chi connectivity index (χ4v) is 12.4. The van der Waals surface area contributed by atoms with Crippen molar-refractivity contribution >= 4 is 27.8 Å². The van der Waals surface area contributed by atoms with E-state index in [9.17, 15) is 0 Å². The van der Waals surface area contributed by atoms with Gasteiger partial charge in [0.2, 0.25) is 0 Å². The van der Waals surface area contributed by atoms with E-state index in [1.807, 2.05) is 0 Å². The summed E-state index contributed by atoms with van der Waals surface area (Å²) in [6.07, 6.45) is 0. The van der Waals surface area contributed by atoms with E-state index in [1.54, 1.807) is 0 Å². The van der Waals surface area contributed by atoms with Crippen LogP contribution in [0, 0.1) is 0 Å². The quantitative estimate of drug-likeness (QED) is 0.171. The minimum absolute atomic E-state index is 0.139. The zero-order chi connectivity index (χ0) is 41.6. The lowest BCUT2D eigenvalue weighted by Gasteiger charge is -2.32. The summed E-state index contributed by atoms with van der Waals surface area (Å²) in [7, 11) is 0. The molecule has 63 heavy (non-hydrogen) atoms. The highest BCUT2D eigenvalue weighted by Crippen LogP contribution is 2.65. The van der Waals surface area contributed by atoms with Crippen LogP contribution < -0.4 is 4.90 Å². The van der Waals surface area contributed by atoms with Gasteiger partial charge < -0.3 is 4.90 Å². The van der Waals surface area contributed by atoms with Crippen LogP contribution >= 0.6 is 0 Å². The molecule has 0 bridgehead atoms. The molecule has 0 radical (unpaired) electrons. The van der Waals surface area contributed by atoms with Gasteiger partial charge in [-0.2, -0.15) is 0 Å². The molecule has 294 valence electrons. The minimum atomic E-state index is -0.429. The maximum atomic E-state index is 2.54. The van der Waals surface area contributed by atoms with Crippen molar-refractivity contribution in [2.75, 3.05) is 4.90 Å². The van der Waals surface area contributed by atoms with Gasteiger partial charge in [-0.1, -0.05) is 196 Å². The van der Waals surface area contributed by atoms with Crippen LogP contribution in [0.3, 0.4) is 0 Å². The zero-order valence-corrected chi connectivity index (χ0v) is 35.2. The van der Waals surface area contributed by atoms with E-state index in [4.69, 9.17) is 0 Å². The standard InChI is InChI=1S/C62H41N/c1-61(2)52-23-9-5-17-44(52)47-34-33-40(37-57(47)61)63(39-31-29-38(30-32-39)41-35-36-50-43-16-4-3-15-42(43)49-22-13-21-48(41)59(49)50)58-28-14-27-56-60(58)51-20-8-12-26-55(51)62(56)53-24-10-6-18-45(53)46-19-7-11-25-54(46)62/h3-37H,1-2H3. The third kappa shape index (κ3) is 4.41.